The third-order valence-electron chi connectivity index (χ3n) is 1.96. The molecule has 0 atom stereocenters. The van der Waals surface area contributed by atoms with Crippen molar-refractivity contribution in [2.45, 2.75) is 6.42 Å². The average Bonchev–Trinajstić information content (AvgIpc) is 2.29. The van der Waals surface area contributed by atoms with Gasteiger partial charge in [0.15, 0.2) is 0 Å². The summed E-state index contributed by atoms with van der Waals surface area (Å²) in [6, 6.07) is 1.34. The number of nitrogens with one attached hydrogen (secondary N) is 3. The lowest BCUT2D eigenvalue weighted by Crippen LogP contribution is -2.28. The number of hydrogen-bond donors (Lipinski definition) is 3. The third-order valence-corrected chi connectivity index (χ3v) is 1.96. The van der Waals surface area contributed by atoms with Crippen LogP contribution in [0.15, 0.2) is 17.2 Å². The van der Waals surface area contributed by atoms with Gasteiger partial charge in [-0.2, -0.15) is 0 Å². The Morgan fingerprint density at radius 1 is 1.53 bits per heavy atom. The van der Waals surface area contributed by atoms with Gasteiger partial charge in [0.2, 0.25) is 5.91 Å². The van der Waals surface area contributed by atoms with E-state index in [0.29, 0.717) is 31.9 Å². The molecule has 0 unspecified atom stereocenters. The molecule has 1 aromatic rings. The average molecular weight is 240 g/mol. The van der Waals surface area contributed by atoms with Crippen molar-refractivity contribution in [2.75, 3.05) is 32.1 Å². The molecule has 1 amide bonds. The number of amides is 1. The van der Waals surface area contributed by atoms with Crippen LogP contribution in [0.1, 0.15) is 6.42 Å². The molecule has 0 aliphatic rings. The summed E-state index contributed by atoms with van der Waals surface area (Å²) >= 11 is 0. The molecule has 94 valence electrons. The van der Waals surface area contributed by atoms with Crippen molar-refractivity contribution in [1.29, 1.82) is 0 Å². The molecule has 0 fully saturated rings. The van der Waals surface area contributed by atoms with Gasteiger partial charge >= 0.3 is 0 Å². The van der Waals surface area contributed by atoms with E-state index in [1.54, 1.807) is 7.11 Å². The first-order chi connectivity index (χ1) is 8.22. The predicted octanol–water partition coefficient (Wildman–Crippen LogP) is -0.665. The predicted molar refractivity (Wildman–Crippen MR) is 62.9 cm³/mol. The summed E-state index contributed by atoms with van der Waals surface area (Å²) in [5, 5.41) is 5.57. The molecule has 17 heavy (non-hydrogen) atoms. The molecular formula is C10H16N4O3. The van der Waals surface area contributed by atoms with Gasteiger partial charge in [0.05, 0.1) is 12.9 Å². The Kier molecular flexibility index (Phi) is 5.73. The summed E-state index contributed by atoms with van der Waals surface area (Å²) in [6.45, 7) is 1.42. The van der Waals surface area contributed by atoms with Gasteiger partial charge in [0.25, 0.3) is 5.56 Å². The Bertz CT molecular complexity index is 405. The van der Waals surface area contributed by atoms with Crippen LogP contribution in [0.25, 0.3) is 0 Å². The molecule has 1 aromatic heterocycles. The van der Waals surface area contributed by atoms with Crippen LogP contribution in [0.2, 0.25) is 0 Å². The minimum atomic E-state index is -0.230. The smallest absolute Gasteiger partial charge is 0.252 e. The van der Waals surface area contributed by atoms with E-state index in [1.165, 1.54) is 12.4 Å². The molecule has 7 nitrogen and oxygen atoms in total. The van der Waals surface area contributed by atoms with Crippen LogP contribution < -0.4 is 16.2 Å². The number of aromatic amines is 1. The van der Waals surface area contributed by atoms with E-state index in [9.17, 15) is 9.59 Å². The number of methoxy groups -OCH3 is 1. The van der Waals surface area contributed by atoms with Crippen molar-refractivity contribution in [3.05, 3.63) is 22.7 Å². The van der Waals surface area contributed by atoms with Crippen LogP contribution in [-0.2, 0) is 9.53 Å². The van der Waals surface area contributed by atoms with Crippen LogP contribution in [0, 0.1) is 0 Å². The fraction of sp³-hybridized carbons (Fsp3) is 0.500. The number of hydrogen-bond acceptors (Lipinski definition) is 5. The van der Waals surface area contributed by atoms with E-state index in [-0.39, 0.29) is 11.5 Å². The lowest BCUT2D eigenvalue weighted by atomic mass is 10.4. The molecule has 0 spiro atoms. The van der Waals surface area contributed by atoms with Crippen LogP contribution in [0.5, 0.6) is 0 Å². The Morgan fingerprint density at radius 3 is 3.06 bits per heavy atom. The highest BCUT2D eigenvalue weighted by Gasteiger charge is 2.00. The molecule has 7 heteroatoms. The number of aromatic nitrogens is 2. The maximum absolute atomic E-state index is 11.3. The zero-order valence-corrected chi connectivity index (χ0v) is 9.66. The molecule has 0 radical (unpaired) electrons. The molecule has 0 aliphatic carbocycles. The van der Waals surface area contributed by atoms with E-state index in [1.807, 2.05) is 0 Å². The number of ether oxygens (including phenoxy) is 1. The third kappa shape index (κ3) is 5.67. The molecule has 0 saturated heterocycles. The quantitative estimate of drug-likeness (QED) is 0.549. The second kappa shape index (κ2) is 7.39. The topological polar surface area (TPSA) is 96.1 Å². The molecular weight excluding hydrogens is 224 g/mol. The Labute approximate surface area is 98.6 Å². The van der Waals surface area contributed by atoms with Gasteiger partial charge in [-0.15, -0.1) is 0 Å². The molecule has 0 aromatic carbocycles. The minimum absolute atomic E-state index is 0.0700. The zero-order chi connectivity index (χ0) is 12.5. The van der Waals surface area contributed by atoms with Crippen molar-refractivity contribution in [2.24, 2.45) is 0 Å². The monoisotopic (exact) mass is 240 g/mol. The summed E-state index contributed by atoms with van der Waals surface area (Å²) in [6.07, 6.45) is 1.63. The minimum Gasteiger partial charge on any atom is -0.383 e. The molecule has 1 rings (SSSR count). The highest BCUT2D eigenvalue weighted by Crippen LogP contribution is 1.94. The number of anilines is 1. The van der Waals surface area contributed by atoms with E-state index < -0.39 is 0 Å². The summed E-state index contributed by atoms with van der Waals surface area (Å²) in [5.74, 6) is 0.387. The standard InChI is InChI=1S/C10H16N4O3/c1-17-5-4-12-9(15)2-3-11-8-6-10(16)14-7-13-8/h6-7H,2-5H2,1H3,(H,12,15)(H2,11,13,14,16). The fourth-order valence-electron chi connectivity index (χ4n) is 1.15. The molecule has 1 heterocycles. The first-order valence-corrected chi connectivity index (χ1v) is 5.26. The van der Waals surface area contributed by atoms with E-state index in [4.69, 9.17) is 4.74 Å². The van der Waals surface area contributed by atoms with Crippen LogP contribution in [0.4, 0.5) is 5.82 Å². The normalized spacial score (nSPS) is 9.94. The first-order valence-electron chi connectivity index (χ1n) is 5.26. The summed E-state index contributed by atoms with van der Waals surface area (Å²) in [4.78, 5) is 28.5. The number of carbonyl (C=O) groups is 1. The number of rotatable bonds is 7. The van der Waals surface area contributed by atoms with Crippen LogP contribution >= 0.6 is 0 Å². The SMILES string of the molecule is COCCNC(=O)CCNc1cc(=O)[nH]cn1. The number of carbonyl (C=O) groups excluding carboxylic acids is 1. The highest BCUT2D eigenvalue weighted by molar-refractivity contribution is 5.76. The van der Waals surface area contributed by atoms with E-state index >= 15 is 0 Å². The summed E-state index contributed by atoms with van der Waals surface area (Å²) < 4.78 is 4.80. The molecule has 0 aliphatic heterocycles. The van der Waals surface area contributed by atoms with Crippen LogP contribution in [0.3, 0.4) is 0 Å². The Hall–Kier alpha value is -1.89. The van der Waals surface area contributed by atoms with Gasteiger partial charge in [-0.1, -0.05) is 0 Å². The maximum atomic E-state index is 11.3. The van der Waals surface area contributed by atoms with Gasteiger partial charge < -0.3 is 20.4 Å². The lowest BCUT2D eigenvalue weighted by Gasteiger charge is -2.05. The maximum Gasteiger partial charge on any atom is 0.252 e. The summed E-state index contributed by atoms with van der Waals surface area (Å²) in [5.41, 5.74) is -0.230. The van der Waals surface area contributed by atoms with Gasteiger partial charge in [-0.3, -0.25) is 9.59 Å². The van der Waals surface area contributed by atoms with Gasteiger partial charge in [0.1, 0.15) is 5.82 Å². The Balaban J connectivity index is 2.19. The lowest BCUT2D eigenvalue weighted by molar-refractivity contribution is -0.121. The van der Waals surface area contributed by atoms with Crippen molar-refractivity contribution in [3.63, 3.8) is 0 Å². The van der Waals surface area contributed by atoms with Gasteiger partial charge in [-0.25, -0.2) is 4.98 Å². The second-order valence-electron chi connectivity index (χ2n) is 3.32. The zero-order valence-electron chi connectivity index (χ0n) is 9.66. The van der Waals surface area contributed by atoms with Crippen LogP contribution in [-0.4, -0.2) is 42.7 Å². The molecule has 0 saturated carbocycles. The van der Waals surface area contributed by atoms with Crippen molar-refractivity contribution in [3.8, 4) is 0 Å². The van der Waals surface area contributed by atoms with Gasteiger partial charge in [-0.05, 0) is 0 Å². The van der Waals surface area contributed by atoms with E-state index in [0.717, 1.165) is 0 Å². The molecule has 3 N–H and O–H groups in total. The first kappa shape index (κ1) is 13.2. The summed E-state index contributed by atoms with van der Waals surface area (Å²) in [7, 11) is 1.58. The highest BCUT2D eigenvalue weighted by atomic mass is 16.5. The van der Waals surface area contributed by atoms with Crippen molar-refractivity contribution < 1.29 is 9.53 Å². The van der Waals surface area contributed by atoms with Gasteiger partial charge in [0, 0.05) is 32.7 Å². The largest absolute Gasteiger partial charge is 0.383 e. The number of nitrogens with zero attached hydrogens (tertiary/aromatic N) is 1. The number of H-pyrrole nitrogens is 1. The second-order valence-corrected chi connectivity index (χ2v) is 3.32. The van der Waals surface area contributed by atoms with Crippen molar-refractivity contribution >= 4 is 11.7 Å². The molecule has 0 bridgehead atoms. The Morgan fingerprint density at radius 2 is 2.35 bits per heavy atom. The van der Waals surface area contributed by atoms with Crippen molar-refractivity contribution in [1.82, 2.24) is 15.3 Å². The van der Waals surface area contributed by atoms with E-state index in [2.05, 4.69) is 20.6 Å². The fourth-order valence-corrected chi connectivity index (χ4v) is 1.15.